The van der Waals surface area contributed by atoms with Crippen LogP contribution in [0.15, 0.2) is 40.2 Å². The van der Waals surface area contributed by atoms with Crippen LogP contribution < -0.4 is 5.32 Å². The Kier molecular flexibility index (Phi) is 5.63. The molecule has 1 spiro atoms. The van der Waals surface area contributed by atoms with E-state index >= 15 is 0 Å². The largest absolute Gasteiger partial charge is 0.449 e. The first-order valence-corrected chi connectivity index (χ1v) is 9.61. The molecule has 7 heteroatoms. The first kappa shape index (κ1) is 17.8. The Morgan fingerprint density at radius 2 is 2.04 bits per heavy atom. The summed E-state index contributed by atoms with van der Waals surface area (Å²) in [6.45, 7) is 3.39. The summed E-state index contributed by atoms with van der Waals surface area (Å²) in [6.07, 6.45) is 1.59. The number of nitrogens with one attached hydrogen (secondary N) is 1. The number of thioether (sulfide) groups is 1. The van der Waals surface area contributed by atoms with Gasteiger partial charge in [-0.2, -0.15) is 0 Å². The molecule has 2 aliphatic heterocycles. The van der Waals surface area contributed by atoms with Gasteiger partial charge in [0, 0.05) is 18.0 Å². The van der Waals surface area contributed by atoms with Crippen LogP contribution in [0.1, 0.15) is 26.2 Å². The van der Waals surface area contributed by atoms with Crippen LogP contribution in [0, 0.1) is 0 Å². The van der Waals surface area contributed by atoms with E-state index in [1.165, 1.54) is 0 Å². The normalized spacial score (nSPS) is 18.8. The minimum absolute atomic E-state index is 0.0438. The number of benzene rings is 1. The van der Waals surface area contributed by atoms with E-state index in [1.807, 2.05) is 37.3 Å². The summed E-state index contributed by atoms with van der Waals surface area (Å²) >= 11 is 1.65. The Labute approximate surface area is 152 Å². The van der Waals surface area contributed by atoms with Crippen LogP contribution in [0.2, 0.25) is 0 Å². The first-order chi connectivity index (χ1) is 12.1. The Hall–Kier alpha value is -2.02. The van der Waals surface area contributed by atoms with Crippen LogP contribution in [0.5, 0.6) is 0 Å². The number of aliphatic imine (C=N–C) groups is 1. The van der Waals surface area contributed by atoms with Crippen LogP contribution in [0.3, 0.4) is 0 Å². The molecule has 3 rings (SSSR count). The fraction of sp³-hybridized carbons (Fsp3) is 0.500. The smallest absolute Gasteiger partial charge is 0.409 e. The second kappa shape index (κ2) is 7.91. The summed E-state index contributed by atoms with van der Waals surface area (Å²) < 4.78 is 5.16. The van der Waals surface area contributed by atoms with Crippen LogP contribution in [0.4, 0.5) is 4.79 Å². The van der Waals surface area contributed by atoms with Crippen LogP contribution in [0.25, 0.3) is 0 Å². The molecule has 1 aromatic rings. The third-order valence-electron chi connectivity index (χ3n) is 4.43. The molecule has 1 saturated heterocycles. The lowest BCUT2D eigenvalue weighted by atomic mass is 9.88. The lowest BCUT2D eigenvalue weighted by molar-refractivity contribution is -0.125. The summed E-state index contributed by atoms with van der Waals surface area (Å²) in [6, 6.07) is 10.0. The molecule has 0 bridgehead atoms. The molecule has 0 aliphatic carbocycles. The van der Waals surface area contributed by atoms with Gasteiger partial charge in [0.25, 0.3) is 5.91 Å². The maximum absolute atomic E-state index is 12.5. The number of carbonyl (C=O) groups excluding carboxylic acids is 2. The second-order valence-corrected chi connectivity index (χ2v) is 7.30. The van der Waals surface area contributed by atoms with Crippen LogP contribution in [-0.4, -0.2) is 53.7 Å². The molecule has 2 amide bonds. The number of piperidine rings is 1. The molecular formula is C18H23N3O3S. The molecule has 1 fully saturated rings. The lowest BCUT2D eigenvalue weighted by Gasteiger charge is -2.34. The fourth-order valence-electron chi connectivity index (χ4n) is 3.00. The zero-order valence-corrected chi connectivity index (χ0v) is 15.2. The summed E-state index contributed by atoms with van der Waals surface area (Å²) in [5.74, 6) is 1.32. The summed E-state index contributed by atoms with van der Waals surface area (Å²) in [7, 11) is 0. The van der Waals surface area contributed by atoms with Crippen molar-refractivity contribution in [3.05, 3.63) is 30.3 Å². The van der Waals surface area contributed by atoms with E-state index in [9.17, 15) is 9.59 Å². The topological polar surface area (TPSA) is 71.0 Å². The molecule has 0 saturated carbocycles. The van der Waals surface area contributed by atoms with E-state index in [2.05, 4.69) is 10.3 Å². The van der Waals surface area contributed by atoms with E-state index in [0.717, 1.165) is 17.2 Å². The summed E-state index contributed by atoms with van der Waals surface area (Å²) in [5.41, 5.74) is -0.714. The van der Waals surface area contributed by atoms with Gasteiger partial charge in [0.15, 0.2) is 0 Å². The van der Waals surface area contributed by atoms with Gasteiger partial charge in [0.05, 0.1) is 12.4 Å². The maximum atomic E-state index is 12.5. The van der Waals surface area contributed by atoms with Crippen molar-refractivity contribution in [2.24, 2.45) is 4.99 Å². The zero-order valence-electron chi connectivity index (χ0n) is 14.4. The quantitative estimate of drug-likeness (QED) is 0.819. The lowest BCUT2D eigenvalue weighted by Crippen LogP contribution is -2.50. The third-order valence-corrected chi connectivity index (χ3v) is 5.45. The number of likely N-dealkylation sites (tertiary alicyclic amines) is 1. The number of amides is 2. The number of hydrogen-bond acceptors (Lipinski definition) is 5. The summed E-state index contributed by atoms with van der Waals surface area (Å²) in [4.78, 5) is 31.9. The SMILES string of the molecule is CCCOC(=O)N1CCC2(CC1)N=C(CSc1ccccc1)NC2=O. The highest BCUT2D eigenvalue weighted by Gasteiger charge is 2.46. The molecule has 0 unspecified atom stereocenters. The minimum Gasteiger partial charge on any atom is -0.449 e. The third kappa shape index (κ3) is 4.15. The number of carbonyl (C=O) groups is 2. The predicted molar refractivity (Wildman–Crippen MR) is 97.9 cm³/mol. The van der Waals surface area contributed by atoms with E-state index < -0.39 is 5.54 Å². The number of rotatable bonds is 5. The van der Waals surface area contributed by atoms with Crippen molar-refractivity contribution in [1.82, 2.24) is 10.2 Å². The van der Waals surface area contributed by atoms with Gasteiger partial charge in [0.2, 0.25) is 0 Å². The van der Waals surface area contributed by atoms with Crippen LogP contribution >= 0.6 is 11.8 Å². The predicted octanol–water partition coefficient (Wildman–Crippen LogP) is 2.69. The number of nitrogens with zero attached hydrogens (tertiary/aromatic N) is 2. The molecule has 0 aromatic heterocycles. The number of amidine groups is 1. The van der Waals surface area contributed by atoms with E-state index in [-0.39, 0.29) is 12.0 Å². The number of hydrogen-bond donors (Lipinski definition) is 1. The average molecular weight is 361 g/mol. The molecule has 1 aromatic carbocycles. The molecular weight excluding hydrogens is 338 g/mol. The van der Waals surface area contributed by atoms with Gasteiger partial charge < -0.3 is 15.0 Å². The standard InChI is InChI=1S/C18H23N3O3S/c1-2-12-24-17(23)21-10-8-18(9-11-21)16(22)19-15(20-18)13-25-14-6-4-3-5-7-14/h3-7H,2,8-13H2,1H3,(H,19,20,22). The number of ether oxygens (including phenoxy) is 1. The monoisotopic (exact) mass is 361 g/mol. The first-order valence-electron chi connectivity index (χ1n) is 8.63. The highest BCUT2D eigenvalue weighted by Crippen LogP contribution is 2.31. The highest BCUT2D eigenvalue weighted by molar-refractivity contribution is 8.00. The Morgan fingerprint density at radius 3 is 2.72 bits per heavy atom. The van der Waals surface area contributed by atoms with Crippen molar-refractivity contribution in [3.63, 3.8) is 0 Å². The van der Waals surface area contributed by atoms with Gasteiger partial charge in [-0.25, -0.2) is 4.79 Å². The molecule has 2 aliphatic rings. The summed E-state index contributed by atoms with van der Waals surface area (Å²) in [5, 5.41) is 2.92. The maximum Gasteiger partial charge on any atom is 0.409 e. The van der Waals surface area contributed by atoms with Gasteiger partial charge in [-0.15, -0.1) is 11.8 Å². The molecule has 1 N–H and O–H groups in total. The van der Waals surface area contributed by atoms with Gasteiger partial charge in [-0.3, -0.25) is 9.79 Å². The molecule has 25 heavy (non-hydrogen) atoms. The van der Waals surface area contributed by atoms with Crippen molar-refractivity contribution < 1.29 is 14.3 Å². The molecule has 0 radical (unpaired) electrons. The minimum atomic E-state index is -0.714. The average Bonchev–Trinajstić information content (AvgIpc) is 2.95. The molecule has 134 valence electrons. The second-order valence-electron chi connectivity index (χ2n) is 6.25. The Bertz CT molecular complexity index is 655. The Morgan fingerprint density at radius 1 is 1.32 bits per heavy atom. The van der Waals surface area contributed by atoms with Crippen molar-refractivity contribution in [2.45, 2.75) is 36.6 Å². The van der Waals surface area contributed by atoms with Crippen molar-refractivity contribution in [1.29, 1.82) is 0 Å². The zero-order chi connectivity index (χ0) is 17.7. The van der Waals surface area contributed by atoms with Gasteiger partial charge in [0.1, 0.15) is 11.4 Å². The van der Waals surface area contributed by atoms with Gasteiger partial charge in [-0.1, -0.05) is 25.1 Å². The van der Waals surface area contributed by atoms with Crippen LogP contribution in [-0.2, 0) is 9.53 Å². The van der Waals surface area contributed by atoms with Crippen molar-refractivity contribution in [2.75, 3.05) is 25.4 Å². The van der Waals surface area contributed by atoms with E-state index in [4.69, 9.17) is 4.74 Å². The molecule has 0 atom stereocenters. The van der Waals surface area contributed by atoms with Gasteiger partial charge in [-0.05, 0) is 31.4 Å². The van der Waals surface area contributed by atoms with E-state index in [0.29, 0.717) is 38.3 Å². The van der Waals surface area contributed by atoms with Crippen molar-refractivity contribution in [3.8, 4) is 0 Å². The fourth-order valence-corrected chi connectivity index (χ4v) is 3.79. The van der Waals surface area contributed by atoms with Crippen molar-refractivity contribution >= 4 is 29.6 Å². The van der Waals surface area contributed by atoms with Gasteiger partial charge >= 0.3 is 6.09 Å². The highest BCUT2D eigenvalue weighted by atomic mass is 32.2. The molecule has 6 nitrogen and oxygen atoms in total. The Balaban J connectivity index is 1.56. The molecule has 2 heterocycles. The van der Waals surface area contributed by atoms with E-state index in [1.54, 1.807) is 16.7 Å².